The molecule has 0 aliphatic carbocycles. The molecule has 1 aromatic heterocycles. The van der Waals surface area contributed by atoms with Crippen molar-refractivity contribution in [1.29, 1.82) is 0 Å². The predicted molar refractivity (Wildman–Crippen MR) is 85.1 cm³/mol. The highest BCUT2D eigenvalue weighted by Crippen LogP contribution is 2.35. The maximum absolute atomic E-state index is 13.4. The maximum Gasteiger partial charge on any atom is 0.125 e. The Balaban J connectivity index is 2.07. The molecular weight excluding hydrogens is 339 g/mol. The van der Waals surface area contributed by atoms with Gasteiger partial charge in [0.05, 0.1) is 5.69 Å². The molecule has 20 heavy (non-hydrogen) atoms. The summed E-state index contributed by atoms with van der Waals surface area (Å²) in [6.45, 7) is 0. The molecule has 2 N–H and O–H groups in total. The third kappa shape index (κ3) is 2.46. The Morgan fingerprint density at radius 2 is 1.90 bits per heavy atom. The number of benzene rings is 2. The fourth-order valence-electron chi connectivity index (χ4n) is 1.91. The Hall–Kier alpha value is -1.72. The molecule has 0 spiro atoms. The third-order valence-corrected chi connectivity index (χ3v) is 4.47. The maximum atomic E-state index is 13.4. The van der Waals surface area contributed by atoms with Crippen molar-refractivity contribution in [3.8, 4) is 21.8 Å². The number of hydrogen-bond donors (Lipinski definition) is 1. The molecule has 0 radical (unpaired) electrons. The average molecular weight is 349 g/mol. The normalized spacial score (nSPS) is 10.7. The van der Waals surface area contributed by atoms with Crippen molar-refractivity contribution in [3.05, 3.63) is 58.1 Å². The van der Waals surface area contributed by atoms with Crippen LogP contribution in [0.25, 0.3) is 21.8 Å². The van der Waals surface area contributed by atoms with Crippen LogP contribution in [0.5, 0.6) is 0 Å². The van der Waals surface area contributed by atoms with Gasteiger partial charge in [-0.05, 0) is 24.3 Å². The second kappa shape index (κ2) is 5.34. The largest absolute Gasteiger partial charge is 0.398 e. The van der Waals surface area contributed by atoms with Gasteiger partial charge in [-0.1, -0.05) is 34.1 Å². The van der Waals surface area contributed by atoms with E-state index in [-0.39, 0.29) is 5.82 Å². The fourth-order valence-corrected chi connectivity index (χ4v) is 3.33. The molecule has 1 heterocycles. The first-order chi connectivity index (χ1) is 9.65. The van der Waals surface area contributed by atoms with E-state index in [0.717, 1.165) is 26.3 Å². The summed E-state index contributed by atoms with van der Waals surface area (Å²) < 4.78 is 14.2. The molecule has 0 atom stereocenters. The minimum atomic E-state index is -0.279. The number of nitrogens with zero attached hydrogens (tertiary/aromatic N) is 1. The summed E-state index contributed by atoms with van der Waals surface area (Å²) >= 11 is 4.89. The second-order valence-electron chi connectivity index (χ2n) is 4.25. The quantitative estimate of drug-likeness (QED) is 0.664. The third-order valence-electron chi connectivity index (χ3n) is 2.90. The van der Waals surface area contributed by atoms with Gasteiger partial charge in [-0.25, -0.2) is 9.37 Å². The van der Waals surface area contributed by atoms with Crippen LogP contribution in [0.2, 0.25) is 0 Å². The van der Waals surface area contributed by atoms with Crippen LogP contribution < -0.4 is 5.73 Å². The number of halogens is 2. The highest BCUT2D eigenvalue weighted by molar-refractivity contribution is 9.10. The lowest BCUT2D eigenvalue weighted by atomic mass is 10.1. The summed E-state index contributed by atoms with van der Waals surface area (Å²) in [5.41, 5.74) is 9.08. The highest BCUT2D eigenvalue weighted by Gasteiger charge is 2.11. The molecule has 0 saturated heterocycles. The van der Waals surface area contributed by atoms with Crippen LogP contribution >= 0.6 is 27.3 Å². The number of aromatic nitrogens is 1. The Kier molecular flexibility index (Phi) is 3.54. The van der Waals surface area contributed by atoms with E-state index in [0.29, 0.717) is 5.69 Å². The summed E-state index contributed by atoms with van der Waals surface area (Å²) in [5.74, 6) is -0.279. The van der Waals surface area contributed by atoms with Crippen molar-refractivity contribution in [2.45, 2.75) is 0 Å². The zero-order chi connectivity index (χ0) is 14.1. The van der Waals surface area contributed by atoms with E-state index in [1.165, 1.54) is 23.5 Å². The van der Waals surface area contributed by atoms with E-state index < -0.39 is 0 Å². The number of nitrogens with two attached hydrogens (primary N) is 1. The van der Waals surface area contributed by atoms with Gasteiger partial charge in [-0.15, -0.1) is 11.3 Å². The minimum Gasteiger partial charge on any atom is -0.398 e. The Morgan fingerprint density at radius 1 is 1.10 bits per heavy atom. The number of thiazole rings is 1. The van der Waals surface area contributed by atoms with Crippen molar-refractivity contribution in [2.24, 2.45) is 0 Å². The molecule has 2 nitrogen and oxygen atoms in total. The van der Waals surface area contributed by atoms with Crippen molar-refractivity contribution < 1.29 is 4.39 Å². The number of anilines is 1. The summed E-state index contributed by atoms with van der Waals surface area (Å²) in [6, 6.07) is 12.1. The van der Waals surface area contributed by atoms with E-state index in [1.807, 2.05) is 29.6 Å². The van der Waals surface area contributed by atoms with E-state index in [4.69, 9.17) is 5.73 Å². The molecule has 100 valence electrons. The summed E-state index contributed by atoms with van der Waals surface area (Å²) in [5, 5.41) is 2.69. The van der Waals surface area contributed by atoms with Gasteiger partial charge in [0.25, 0.3) is 0 Å². The van der Waals surface area contributed by atoms with Crippen LogP contribution in [0.15, 0.2) is 52.3 Å². The molecular formula is C15H10BrFN2S. The molecule has 2 aromatic carbocycles. The second-order valence-corrected chi connectivity index (χ2v) is 5.96. The zero-order valence-corrected chi connectivity index (χ0v) is 12.7. The standard InChI is InChI=1S/C15H10BrFN2S/c16-12-6-5-9(17)7-11(12)15-19-14(8-20-15)10-3-1-2-4-13(10)18/h1-8H,18H2. The smallest absolute Gasteiger partial charge is 0.125 e. The van der Waals surface area contributed by atoms with Crippen molar-refractivity contribution in [3.63, 3.8) is 0 Å². The summed E-state index contributed by atoms with van der Waals surface area (Å²) in [7, 11) is 0. The Morgan fingerprint density at radius 3 is 2.70 bits per heavy atom. The van der Waals surface area contributed by atoms with Crippen LogP contribution in [-0.4, -0.2) is 4.98 Å². The van der Waals surface area contributed by atoms with Crippen molar-refractivity contribution >= 4 is 33.0 Å². The lowest BCUT2D eigenvalue weighted by Crippen LogP contribution is -1.89. The predicted octanol–water partition coefficient (Wildman–Crippen LogP) is 4.96. The molecule has 0 fully saturated rings. The monoisotopic (exact) mass is 348 g/mol. The molecule has 0 amide bonds. The Bertz CT molecular complexity index is 770. The minimum absolute atomic E-state index is 0.279. The number of hydrogen-bond acceptors (Lipinski definition) is 3. The van der Waals surface area contributed by atoms with Crippen molar-refractivity contribution in [2.75, 3.05) is 5.73 Å². The molecule has 0 unspecified atom stereocenters. The van der Waals surface area contributed by atoms with Gasteiger partial charge in [0.15, 0.2) is 0 Å². The van der Waals surface area contributed by atoms with Gasteiger partial charge in [-0.2, -0.15) is 0 Å². The molecule has 0 bridgehead atoms. The van der Waals surface area contributed by atoms with Gasteiger partial charge < -0.3 is 5.73 Å². The van der Waals surface area contributed by atoms with Crippen LogP contribution in [0, 0.1) is 5.82 Å². The number of para-hydroxylation sites is 1. The van der Waals surface area contributed by atoms with E-state index in [9.17, 15) is 4.39 Å². The molecule has 3 rings (SSSR count). The molecule has 5 heteroatoms. The van der Waals surface area contributed by atoms with Crippen LogP contribution in [0.1, 0.15) is 0 Å². The van der Waals surface area contributed by atoms with Gasteiger partial charge >= 0.3 is 0 Å². The zero-order valence-electron chi connectivity index (χ0n) is 10.3. The SMILES string of the molecule is Nc1ccccc1-c1csc(-c2cc(F)ccc2Br)n1. The summed E-state index contributed by atoms with van der Waals surface area (Å²) in [6.07, 6.45) is 0. The summed E-state index contributed by atoms with van der Waals surface area (Å²) in [4.78, 5) is 4.56. The van der Waals surface area contributed by atoms with Crippen LogP contribution in [-0.2, 0) is 0 Å². The first-order valence-corrected chi connectivity index (χ1v) is 7.58. The van der Waals surface area contributed by atoms with Gasteiger partial charge in [0, 0.05) is 26.7 Å². The molecule has 3 aromatic rings. The number of nitrogen functional groups attached to an aromatic ring is 1. The molecule has 0 aliphatic heterocycles. The lowest BCUT2D eigenvalue weighted by Gasteiger charge is -2.02. The van der Waals surface area contributed by atoms with Crippen LogP contribution in [0.3, 0.4) is 0 Å². The molecule has 0 saturated carbocycles. The molecule has 0 aliphatic rings. The van der Waals surface area contributed by atoms with Gasteiger partial charge in [0.2, 0.25) is 0 Å². The number of rotatable bonds is 2. The fraction of sp³-hybridized carbons (Fsp3) is 0. The topological polar surface area (TPSA) is 38.9 Å². The van der Waals surface area contributed by atoms with E-state index in [2.05, 4.69) is 20.9 Å². The van der Waals surface area contributed by atoms with E-state index in [1.54, 1.807) is 6.07 Å². The Labute approximate surface area is 128 Å². The average Bonchev–Trinajstić information content (AvgIpc) is 2.91. The first-order valence-electron chi connectivity index (χ1n) is 5.91. The lowest BCUT2D eigenvalue weighted by molar-refractivity contribution is 0.628. The van der Waals surface area contributed by atoms with Gasteiger partial charge in [-0.3, -0.25) is 0 Å². The van der Waals surface area contributed by atoms with Crippen molar-refractivity contribution in [1.82, 2.24) is 4.98 Å². The van der Waals surface area contributed by atoms with Gasteiger partial charge in [0.1, 0.15) is 10.8 Å². The highest BCUT2D eigenvalue weighted by atomic mass is 79.9. The van der Waals surface area contributed by atoms with Crippen LogP contribution in [0.4, 0.5) is 10.1 Å². The first kappa shape index (κ1) is 13.3. The van der Waals surface area contributed by atoms with E-state index >= 15 is 0 Å².